The highest BCUT2D eigenvalue weighted by Gasteiger charge is 2.03. The SMILES string of the molecule is C=CN=C(N=C)c1ccc(C)c(F)c1. The molecule has 0 unspecified atom stereocenters. The molecule has 0 atom stereocenters. The van der Waals surface area contributed by atoms with Crippen molar-refractivity contribution in [3.63, 3.8) is 0 Å². The predicted octanol–water partition coefficient (Wildman–Crippen LogP) is 2.72. The Morgan fingerprint density at radius 2 is 2.21 bits per heavy atom. The molecule has 0 saturated carbocycles. The quantitative estimate of drug-likeness (QED) is 0.506. The molecule has 72 valence electrons. The fraction of sp³-hybridized carbons (Fsp3) is 0.0909. The van der Waals surface area contributed by atoms with Gasteiger partial charge in [0.2, 0.25) is 0 Å². The molecule has 0 spiro atoms. The van der Waals surface area contributed by atoms with Gasteiger partial charge in [0.1, 0.15) is 5.82 Å². The monoisotopic (exact) mass is 190 g/mol. The van der Waals surface area contributed by atoms with Gasteiger partial charge in [-0.25, -0.2) is 14.4 Å². The standard InChI is InChI=1S/C11H11FN2/c1-4-14-11(13-3)9-6-5-8(2)10(12)7-9/h4-7H,1,3H2,2H3. The van der Waals surface area contributed by atoms with Gasteiger partial charge in [0, 0.05) is 11.8 Å². The zero-order chi connectivity index (χ0) is 10.6. The molecule has 0 saturated heterocycles. The van der Waals surface area contributed by atoms with Crippen molar-refractivity contribution in [1.82, 2.24) is 0 Å². The summed E-state index contributed by atoms with van der Waals surface area (Å²) in [7, 11) is 0. The summed E-state index contributed by atoms with van der Waals surface area (Å²) in [5.74, 6) is 0.0989. The Balaban J connectivity index is 3.18. The van der Waals surface area contributed by atoms with Crippen LogP contribution in [0.4, 0.5) is 4.39 Å². The predicted molar refractivity (Wildman–Crippen MR) is 57.4 cm³/mol. The van der Waals surface area contributed by atoms with Crippen LogP contribution in [0.5, 0.6) is 0 Å². The minimum absolute atomic E-state index is 0.275. The van der Waals surface area contributed by atoms with Crippen molar-refractivity contribution in [2.45, 2.75) is 6.92 Å². The van der Waals surface area contributed by atoms with Crippen molar-refractivity contribution >= 4 is 12.6 Å². The molecule has 0 aliphatic rings. The molecule has 0 amide bonds. The fourth-order valence-electron chi connectivity index (χ4n) is 1.03. The van der Waals surface area contributed by atoms with Gasteiger partial charge in [-0.2, -0.15) is 0 Å². The third kappa shape index (κ3) is 2.13. The number of aliphatic imine (C=N–C) groups is 2. The lowest BCUT2D eigenvalue weighted by atomic mass is 10.1. The maximum Gasteiger partial charge on any atom is 0.158 e. The summed E-state index contributed by atoms with van der Waals surface area (Å²) in [5, 5.41) is 0. The molecule has 14 heavy (non-hydrogen) atoms. The van der Waals surface area contributed by atoms with Crippen LogP contribution in [0.25, 0.3) is 0 Å². The minimum atomic E-state index is -0.275. The summed E-state index contributed by atoms with van der Waals surface area (Å²) in [6.07, 6.45) is 1.35. The molecule has 1 rings (SSSR count). The molecule has 3 heteroatoms. The van der Waals surface area contributed by atoms with Gasteiger partial charge < -0.3 is 0 Å². The third-order valence-electron chi connectivity index (χ3n) is 1.79. The molecule has 2 nitrogen and oxygen atoms in total. The Morgan fingerprint density at radius 3 is 2.71 bits per heavy atom. The van der Waals surface area contributed by atoms with Crippen molar-refractivity contribution in [3.8, 4) is 0 Å². The van der Waals surface area contributed by atoms with Crippen LogP contribution in [-0.2, 0) is 0 Å². The lowest BCUT2D eigenvalue weighted by molar-refractivity contribution is 0.618. The second kappa shape index (κ2) is 4.46. The Labute approximate surface area is 82.5 Å². The van der Waals surface area contributed by atoms with Crippen molar-refractivity contribution in [1.29, 1.82) is 0 Å². The maximum absolute atomic E-state index is 13.2. The smallest absolute Gasteiger partial charge is 0.158 e. The Bertz CT molecular complexity index is 394. The van der Waals surface area contributed by atoms with Crippen LogP contribution in [0, 0.1) is 12.7 Å². The van der Waals surface area contributed by atoms with Gasteiger partial charge in [0.15, 0.2) is 5.84 Å². The number of hydrogen-bond donors (Lipinski definition) is 0. The highest BCUT2D eigenvalue weighted by molar-refractivity contribution is 6.01. The van der Waals surface area contributed by atoms with E-state index in [2.05, 4.69) is 23.3 Å². The summed E-state index contributed by atoms with van der Waals surface area (Å²) in [4.78, 5) is 7.55. The Morgan fingerprint density at radius 1 is 1.50 bits per heavy atom. The summed E-state index contributed by atoms with van der Waals surface area (Å²) < 4.78 is 13.2. The number of aryl methyl sites for hydroxylation is 1. The molecule has 0 radical (unpaired) electrons. The van der Waals surface area contributed by atoms with E-state index in [1.807, 2.05) is 0 Å². The molecule has 0 N–H and O–H groups in total. The minimum Gasteiger partial charge on any atom is -0.245 e. The number of nitrogens with zero attached hydrogens (tertiary/aromatic N) is 2. The Hall–Kier alpha value is -1.77. The van der Waals surface area contributed by atoms with Crippen molar-refractivity contribution < 1.29 is 4.39 Å². The second-order valence-electron chi connectivity index (χ2n) is 2.76. The van der Waals surface area contributed by atoms with Crippen LogP contribution in [0.15, 0.2) is 41.0 Å². The zero-order valence-corrected chi connectivity index (χ0v) is 8.00. The Kier molecular flexibility index (Phi) is 3.29. The molecule has 1 aromatic carbocycles. The van der Waals surface area contributed by atoms with Crippen LogP contribution in [0.3, 0.4) is 0 Å². The van der Waals surface area contributed by atoms with E-state index in [1.165, 1.54) is 12.3 Å². The average molecular weight is 190 g/mol. The van der Waals surface area contributed by atoms with Gasteiger partial charge in [0.05, 0.1) is 0 Å². The van der Waals surface area contributed by atoms with Gasteiger partial charge in [0.25, 0.3) is 0 Å². The number of halogens is 1. The summed E-state index contributed by atoms with van der Waals surface area (Å²) in [6.45, 7) is 8.50. The third-order valence-corrected chi connectivity index (χ3v) is 1.79. The molecule has 0 fully saturated rings. The molecule has 0 aliphatic carbocycles. The number of hydrogen-bond acceptors (Lipinski definition) is 1. The van der Waals surface area contributed by atoms with Crippen LogP contribution in [0.1, 0.15) is 11.1 Å². The van der Waals surface area contributed by atoms with E-state index in [4.69, 9.17) is 0 Å². The zero-order valence-electron chi connectivity index (χ0n) is 8.00. The van der Waals surface area contributed by atoms with Gasteiger partial charge in [-0.05, 0) is 25.3 Å². The van der Waals surface area contributed by atoms with Gasteiger partial charge >= 0.3 is 0 Å². The summed E-state index contributed by atoms with van der Waals surface area (Å²) >= 11 is 0. The van der Waals surface area contributed by atoms with E-state index >= 15 is 0 Å². The van der Waals surface area contributed by atoms with Crippen molar-refractivity contribution in [3.05, 3.63) is 47.9 Å². The molecule has 0 aromatic heterocycles. The van der Waals surface area contributed by atoms with E-state index in [0.717, 1.165) is 0 Å². The normalized spacial score (nSPS) is 11.1. The first-order valence-corrected chi connectivity index (χ1v) is 4.11. The van der Waals surface area contributed by atoms with Gasteiger partial charge in [-0.1, -0.05) is 18.7 Å². The lowest BCUT2D eigenvalue weighted by Crippen LogP contribution is -1.97. The number of rotatable bonds is 2. The number of amidine groups is 1. The molecular weight excluding hydrogens is 179 g/mol. The summed E-state index contributed by atoms with van der Waals surface area (Å²) in [5.41, 5.74) is 1.19. The first-order valence-electron chi connectivity index (χ1n) is 4.11. The van der Waals surface area contributed by atoms with E-state index in [-0.39, 0.29) is 5.82 Å². The van der Waals surface area contributed by atoms with E-state index in [9.17, 15) is 4.39 Å². The second-order valence-corrected chi connectivity index (χ2v) is 2.76. The van der Waals surface area contributed by atoms with E-state index in [1.54, 1.807) is 19.1 Å². The summed E-state index contributed by atoms with van der Waals surface area (Å²) in [6, 6.07) is 4.80. The largest absolute Gasteiger partial charge is 0.245 e. The molecule has 1 aromatic rings. The van der Waals surface area contributed by atoms with Crippen LogP contribution >= 0.6 is 0 Å². The molecular formula is C11H11FN2. The maximum atomic E-state index is 13.2. The van der Waals surface area contributed by atoms with E-state index in [0.29, 0.717) is 17.0 Å². The van der Waals surface area contributed by atoms with Crippen molar-refractivity contribution in [2.75, 3.05) is 0 Å². The van der Waals surface area contributed by atoms with Crippen LogP contribution in [0.2, 0.25) is 0 Å². The topological polar surface area (TPSA) is 24.7 Å². The first kappa shape index (κ1) is 10.3. The van der Waals surface area contributed by atoms with Crippen LogP contribution < -0.4 is 0 Å². The molecule has 0 heterocycles. The van der Waals surface area contributed by atoms with E-state index < -0.39 is 0 Å². The highest BCUT2D eigenvalue weighted by Crippen LogP contribution is 2.10. The average Bonchev–Trinajstić information content (AvgIpc) is 2.19. The highest BCUT2D eigenvalue weighted by atomic mass is 19.1. The van der Waals surface area contributed by atoms with Crippen LogP contribution in [-0.4, -0.2) is 12.6 Å². The van der Waals surface area contributed by atoms with Gasteiger partial charge in [-0.15, -0.1) is 0 Å². The van der Waals surface area contributed by atoms with Gasteiger partial charge in [-0.3, -0.25) is 0 Å². The van der Waals surface area contributed by atoms with Crippen molar-refractivity contribution in [2.24, 2.45) is 9.98 Å². The fourth-order valence-corrected chi connectivity index (χ4v) is 1.03. The molecule has 0 aliphatic heterocycles. The first-order chi connectivity index (χ1) is 6.69. The lowest BCUT2D eigenvalue weighted by Gasteiger charge is -2.01. The number of benzene rings is 1. The molecule has 0 bridgehead atoms.